The lowest BCUT2D eigenvalue weighted by molar-refractivity contribution is -0.386. The molecule has 1 amide bonds. The molecule has 2 saturated carbocycles. The van der Waals surface area contributed by atoms with Crippen molar-refractivity contribution in [3.63, 3.8) is 0 Å². The summed E-state index contributed by atoms with van der Waals surface area (Å²) in [7, 11) is -4.77. The molecule has 63 heavy (non-hydrogen) atoms. The minimum Gasteiger partial charge on any atom is -0.455 e. The van der Waals surface area contributed by atoms with Crippen molar-refractivity contribution in [3.05, 3.63) is 122 Å². The van der Waals surface area contributed by atoms with Crippen LogP contribution in [-0.2, 0) is 16.4 Å². The first kappa shape index (κ1) is 43.0. The van der Waals surface area contributed by atoms with Crippen LogP contribution >= 0.6 is 11.6 Å². The van der Waals surface area contributed by atoms with Gasteiger partial charge in [0.25, 0.3) is 21.6 Å². The van der Waals surface area contributed by atoms with E-state index in [9.17, 15) is 23.3 Å². The number of nitro groups is 1. The standard InChI is InChI=1S/C48H52ClFN6O6S/c49-36-10-8-33(9-11-36)42-29-48(17-4-18-48)19-15-35(42)31-54-21-23-55(24-22-54)37-12-14-41(45(26-37)62-38-25-34-16-20-51-46(34)52-30-38)47(57)53-63(60,61)39-27-43(50)40(44(28-39)56(58)59)13-7-32-5-2-1-3-6-32/h8-12,14,16,20,25-28,30,32H,1-7,13,15,17-19,21-24,29,31H2,(H,51,52)(H,53,57). The minimum atomic E-state index is -4.77. The molecule has 3 heterocycles. The van der Waals surface area contributed by atoms with Gasteiger partial charge in [-0.15, -0.1) is 0 Å². The lowest BCUT2D eigenvalue weighted by Crippen LogP contribution is -2.47. The Hall–Kier alpha value is -5.31. The normalized spacial score (nSPS) is 18.4. The molecule has 9 rings (SSSR count). The Labute approximate surface area is 372 Å². The largest absolute Gasteiger partial charge is 0.455 e. The van der Waals surface area contributed by atoms with Crippen LogP contribution in [0.2, 0.25) is 5.02 Å². The molecule has 330 valence electrons. The summed E-state index contributed by atoms with van der Waals surface area (Å²) in [6, 6.07) is 18.4. The molecule has 1 spiro atoms. The van der Waals surface area contributed by atoms with Gasteiger partial charge in [0.1, 0.15) is 23.0 Å². The summed E-state index contributed by atoms with van der Waals surface area (Å²) < 4.78 is 51.3. The van der Waals surface area contributed by atoms with Gasteiger partial charge in [0.05, 0.1) is 27.1 Å². The van der Waals surface area contributed by atoms with Crippen molar-refractivity contribution in [1.29, 1.82) is 0 Å². The Balaban J connectivity index is 0.936. The number of fused-ring (bicyclic) bond motifs is 1. The van der Waals surface area contributed by atoms with Crippen LogP contribution in [0.4, 0.5) is 15.8 Å². The Morgan fingerprint density at radius 1 is 0.984 bits per heavy atom. The fraction of sp³-hybridized carbons (Fsp3) is 0.417. The summed E-state index contributed by atoms with van der Waals surface area (Å²) in [6.07, 6.45) is 16.6. The molecular formula is C48H52ClFN6O6S. The smallest absolute Gasteiger partial charge is 0.276 e. The topological polar surface area (TPSA) is 151 Å². The summed E-state index contributed by atoms with van der Waals surface area (Å²) in [6.45, 7) is 3.95. The number of hydrogen-bond acceptors (Lipinski definition) is 9. The van der Waals surface area contributed by atoms with Gasteiger partial charge in [0, 0.05) is 67.1 Å². The van der Waals surface area contributed by atoms with Crippen LogP contribution in [-0.4, -0.2) is 66.8 Å². The number of nitrogens with zero attached hydrogens (tertiary/aromatic N) is 4. The highest BCUT2D eigenvalue weighted by molar-refractivity contribution is 7.90. The molecule has 0 radical (unpaired) electrons. The van der Waals surface area contributed by atoms with Crippen molar-refractivity contribution < 1.29 is 27.3 Å². The number of rotatable bonds is 13. The number of halogens is 2. The number of nitro benzene ring substituents is 1. The zero-order valence-electron chi connectivity index (χ0n) is 35.2. The van der Waals surface area contributed by atoms with E-state index in [0.717, 1.165) is 92.8 Å². The highest BCUT2D eigenvalue weighted by atomic mass is 35.5. The molecule has 0 bridgehead atoms. The van der Waals surface area contributed by atoms with Gasteiger partial charge in [-0.2, -0.15) is 0 Å². The van der Waals surface area contributed by atoms with Gasteiger partial charge in [-0.3, -0.25) is 19.8 Å². The zero-order valence-corrected chi connectivity index (χ0v) is 36.8. The van der Waals surface area contributed by atoms with Crippen molar-refractivity contribution in [2.75, 3.05) is 37.6 Å². The number of aromatic amines is 1. The molecule has 3 aliphatic carbocycles. The summed E-state index contributed by atoms with van der Waals surface area (Å²) in [5.41, 5.74) is 5.24. The fourth-order valence-corrected chi connectivity index (χ4v) is 11.3. The lowest BCUT2D eigenvalue weighted by Gasteiger charge is -2.47. The number of benzene rings is 3. The van der Waals surface area contributed by atoms with Crippen LogP contribution in [0.3, 0.4) is 0 Å². The first-order chi connectivity index (χ1) is 30.4. The van der Waals surface area contributed by atoms with Crippen LogP contribution < -0.4 is 14.4 Å². The average Bonchev–Trinajstić information content (AvgIpc) is 3.74. The molecule has 3 aromatic carbocycles. The van der Waals surface area contributed by atoms with E-state index in [1.54, 1.807) is 24.4 Å². The molecule has 4 aliphatic rings. The highest BCUT2D eigenvalue weighted by Crippen LogP contribution is 2.55. The number of anilines is 1. The Bertz CT molecular complexity index is 2670. The Morgan fingerprint density at radius 2 is 1.76 bits per heavy atom. The number of allylic oxidation sites excluding steroid dienone is 1. The lowest BCUT2D eigenvalue weighted by atomic mass is 9.59. The quantitative estimate of drug-likeness (QED) is 0.0869. The monoisotopic (exact) mass is 894 g/mol. The van der Waals surface area contributed by atoms with Gasteiger partial charge in [-0.05, 0) is 110 Å². The van der Waals surface area contributed by atoms with E-state index in [1.165, 1.54) is 54.7 Å². The van der Waals surface area contributed by atoms with Crippen molar-refractivity contribution in [1.82, 2.24) is 19.6 Å². The first-order valence-corrected chi connectivity index (χ1v) is 24.0. The Morgan fingerprint density at radius 3 is 2.49 bits per heavy atom. The molecule has 0 atom stereocenters. The third-order valence-electron chi connectivity index (χ3n) is 13.9. The first-order valence-electron chi connectivity index (χ1n) is 22.2. The molecular weight excluding hydrogens is 843 g/mol. The number of amides is 1. The van der Waals surface area contributed by atoms with E-state index in [0.29, 0.717) is 42.2 Å². The highest BCUT2D eigenvalue weighted by Gasteiger charge is 2.41. The number of piperazine rings is 1. The fourth-order valence-electron chi connectivity index (χ4n) is 10.1. The van der Waals surface area contributed by atoms with E-state index in [1.807, 2.05) is 22.9 Å². The predicted molar refractivity (Wildman–Crippen MR) is 242 cm³/mol. The second kappa shape index (κ2) is 18.1. The van der Waals surface area contributed by atoms with Gasteiger partial charge in [-0.25, -0.2) is 22.5 Å². The van der Waals surface area contributed by atoms with E-state index >= 15 is 4.39 Å². The maximum absolute atomic E-state index is 15.6. The number of H-pyrrole nitrogens is 1. The van der Waals surface area contributed by atoms with E-state index < -0.39 is 37.3 Å². The zero-order chi connectivity index (χ0) is 43.7. The molecule has 2 N–H and O–H groups in total. The molecule has 12 nitrogen and oxygen atoms in total. The summed E-state index contributed by atoms with van der Waals surface area (Å²) >= 11 is 6.27. The SMILES string of the molecule is O=C(NS(=O)(=O)c1cc(F)c(CCC2CCCCC2)c([N+](=O)[O-])c1)c1ccc(N2CCN(CC3=C(c4ccc(Cl)cc4)CC4(CCC4)CC3)CC2)cc1Oc1cnc2[nH]ccc2c1. The van der Waals surface area contributed by atoms with Gasteiger partial charge >= 0.3 is 0 Å². The van der Waals surface area contributed by atoms with E-state index in [2.05, 4.69) is 31.9 Å². The summed E-state index contributed by atoms with van der Waals surface area (Å²) in [5.74, 6) is -1.29. The molecule has 5 aromatic rings. The molecule has 0 unspecified atom stereocenters. The number of carbonyl (C=O) groups is 1. The van der Waals surface area contributed by atoms with Crippen LogP contribution in [0.5, 0.6) is 11.5 Å². The van der Waals surface area contributed by atoms with Crippen LogP contribution in [0, 0.1) is 27.3 Å². The summed E-state index contributed by atoms with van der Waals surface area (Å²) in [4.78, 5) is 36.8. The summed E-state index contributed by atoms with van der Waals surface area (Å²) in [5, 5.41) is 13.6. The maximum atomic E-state index is 15.6. The number of ether oxygens (including phenoxy) is 1. The third kappa shape index (κ3) is 9.49. The van der Waals surface area contributed by atoms with Crippen LogP contribution in [0.15, 0.2) is 89.6 Å². The number of pyridine rings is 1. The maximum Gasteiger partial charge on any atom is 0.276 e. The molecule has 1 aliphatic heterocycles. The van der Waals surface area contributed by atoms with E-state index in [4.69, 9.17) is 16.3 Å². The van der Waals surface area contributed by atoms with Crippen molar-refractivity contribution in [2.45, 2.75) is 88.4 Å². The second-order valence-corrected chi connectivity index (χ2v) is 20.0. The van der Waals surface area contributed by atoms with Crippen LogP contribution in [0.25, 0.3) is 16.6 Å². The second-order valence-electron chi connectivity index (χ2n) is 17.9. The van der Waals surface area contributed by atoms with Crippen molar-refractivity contribution in [3.8, 4) is 11.5 Å². The van der Waals surface area contributed by atoms with Crippen LogP contribution in [0.1, 0.15) is 98.5 Å². The van der Waals surface area contributed by atoms with Gasteiger partial charge < -0.3 is 14.6 Å². The molecule has 3 fully saturated rings. The predicted octanol–water partition coefficient (Wildman–Crippen LogP) is 10.6. The van der Waals surface area contributed by atoms with Crippen molar-refractivity contribution >= 4 is 55.5 Å². The van der Waals surface area contributed by atoms with Gasteiger partial charge in [-0.1, -0.05) is 67.8 Å². The molecule has 1 saturated heterocycles. The average molecular weight is 895 g/mol. The number of carbonyl (C=O) groups excluding carboxylic acids is 1. The number of sulfonamides is 1. The van der Waals surface area contributed by atoms with Gasteiger partial charge in [0.2, 0.25) is 0 Å². The minimum absolute atomic E-state index is 0.0828. The number of hydrogen-bond donors (Lipinski definition) is 2. The Kier molecular flexibility index (Phi) is 12.3. The molecule has 2 aromatic heterocycles. The van der Waals surface area contributed by atoms with E-state index in [-0.39, 0.29) is 23.3 Å². The number of aromatic nitrogens is 2. The third-order valence-corrected chi connectivity index (χ3v) is 15.5. The molecule has 15 heteroatoms. The number of nitrogens with one attached hydrogen (secondary N) is 2. The van der Waals surface area contributed by atoms with Gasteiger partial charge in [0.15, 0.2) is 0 Å². The van der Waals surface area contributed by atoms with Crippen molar-refractivity contribution in [2.24, 2.45) is 11.3 Å².